The Morgan fingerprint density at radius 2 is 1.86 bits per heavy atom. The maximum absolute atomic E-state index is 12.1. The Labute approximate surface area is 122 Å². The summed E-state index contributed by atoms with van der Waals surface area (Å²) < 4.78 is 4.99. The molecular weight excluding hydrogens is 270 g/mol. The van der Waals surface area contributed by atoms with Gasteiger partial charge in [-0.3, -0.25) is 4.79 Å². The molecule has 0 bridgehead atoms. The molecule has 2 rings (SSSR count). The highest BCUT2D eigenvalue weighted by Gasteiger charge is 2.20. The van der Waals surface area contributed by atoms with Crippen LogP contribution in [-0.4, -0.2) is 17.0 Å². The van der Waals surface area contributed by atoms with E-state index < -0.39 is 11.9 Å². The first-order chi connectivity index (χ1) is 9.79. The smallest absolute Gasteiger partial charge is 0.338 e. The van der Waals surface area contributed by atoms with Crippen LogP contribution < -0.4 is 5.32 Å². The zero-order valence-corrected chi connectivity index (χ0v) is 12.1. The molecule has 1 amide bonds. The molecule has 0 saturated heterocycles. The predicted octanol–water partition coefficient (Wildman–Crippen LogP) is 3.53. The number of carbonyl (C=O) groups is 2. The fourth-order valence-electron chi connectivity index (χ4n) is 2.00. The molecule has 110 valence electrons. The molecule has 0 atom stereocenters. The van der Waals surface area contributed by atoms with Crippen molar-refractivity contribution in [3.05, 3.63) is 53.5 Å². The first kappa shape index (κ1) is 14.8. The Balaban J connectivity index is 2.25. The summed E-state index contributed by atoms with van der Waals surface area (Å²) in [6.07, 6.45) is 1.05. The summed E-state index contributed by atoms with van der Waals surface area (Å²) in [6.45, 7) is 6.15. The molecule has 5 nitrogen and oxygen atoms in total. The maximum atomic E-state index is 12.1. The fourth-order valence-corrected chi connectivity index (χ4v) is 2.00. The molecule has 0 aliphatic carbocycles. The predicted molar refractivity (Wildman–Crippen MR) is 78.8 cm³/mol. The van der Waals surface area contributed by atoms with Crippen molar-refractivity contribution in [2.75, 3.05) is 5.32 Å². The van der Waals surface area contributed by atoms with E-state index in [-0.39, 0.29) is 16.7 Å². The van der Waals surface area contributed by atoms with Crippen molar-refractivity contribution >= 4 is 17.6 Å². The number of benzene rings is 1. The molecule has 21 heavy (non-hydrogen) atoms. The number of hydrogen-bond acceptors (Lipinski definition) is 3. The number of nitrogens with one attached hydrogen (secondary N) is 1. The summed E-state index contributed by atoms with van der Waals surface area (Å²) in [5.41, 5.74) is 1.50. The van der Waals surface area contributed by atoms with Crippen LogP contribution in [0.25, 0.3) is 0 Å². The molecule has 0 saturated carbocycles. The molecule has 2 aromatic rings. The van der Waals surface area contributed by atoms with E-state index in [9.17, 15) is 9.59 Å². The summed E-state index contributed by atoms with van der Waals surface area (Å²) in [7, 11) is 0. The van der Waals surface area contributed by atoms with Crippen molar-refractivity contribution in [1.29, 1.82) is 0 Å². The highest BCUT2D eigenvalue weighted by Crippen LogP contribution is 2.29. The number of carboxylic acid groups (broad SMARTS) is 1. The summed E-state index contributed by atoms with van der Waals surface area (Å²) in [5.74, 6) is -1.64. The maximum Gasteiger partial charge on any atom is 0.338 e. The van der Waals surface area contributed by atoms with Crippen LogP contribution >= 0.6 is 0 Å². The quantitative estimate of drug-likeness (QED) is 0.905. The summed E-state index contributed by atoms with van der Waals surface area (Å²) in [6, 6.07) is 8.69. The number of aromatic carboxylic acids is 1. The third kappa shape index (κ3) is 3.31. The van der Waals surface area contributed by atoms with Crippen LogP contribution in [0.15, 0.2) is 41.0 Å². The van der Waals surface area contributed by atoms with Crippen LogP contribution in [0, 0.1) is 0 Å². The van der Waals surface area contributed by atoms with Crippen LogP contribution in [0.3, 0.4) is 0 Å². The van der Waals surface area contributed by atoms with Gasteiger partial charge in [-0.1, -0.05) is 39.0 Å². The van der Waals surface area contributed by atoms with E-state index in [2.05, 4.69) is 5.32 Å². The van der Waals surface area contributed by atoms with Crippen LogP contribution in [0.2, 0.25) is 0 Å². The van der Waals surface area contributed by atoms with E-state index in [1.165, 1.54) is 6.07 Å². The number of rotatable bonds is 3. The molecule has 0 fully saturated rings. The molecule has 2 N–H and O–H groups in total. The minimum absolute atomic E-state index is 0.0314. The first-order valence-electron chi connectivity index (χ1n) is 6.52. The molecule has 1 aromatic carbocycles. The van der Waals surface area contributed by atoms with Gasteiger partial charge < -0.3 is 14.8 Å². The van der Waals surface area contributed by atoms with Crippen molar-refractivity contribution in [3.8, 4) is 0 Å². The highest BCUT2D eigenvalue weighted by atomic mass is 16.4. The first-order valence-corrected chi connectivity index (χ1v) is 6.52. The second-order valence-corrected chi connectivity index (χ2v) is 5.75. The molecule has 1 aromatic heterocycles. The Morgan fingerprint density at radius 3 is 2.43 bits per heavy atom. The molecule has 5 heteroatoms. The van der Waals surface area contributed by atoms with Gasteiger partial charge >= 0.3 is 5.97 Å². The molecular formula is C16H17NO4. The third-order valence-corrected chi connectivity index (χ3v) is 3.05. The average molecular weight is 287 g/mol. The molecule has 0 aliphatic rings. The number of carbonyl (C=O) groups excluding carboxylic acids is 1. The van der Waals surface area contributed by atoms with Gasteiger partial charge in [-0.25, -0.2) is 4.79 Å². The van der Waals surface area contributed by atoms with E-state index in [1.807, 2.05) is 39.0 Å². The second kappa shape index (κ2) is 5.44. The minimum Gasteiger partial charge on any atom is -0.478 e. The Kier molecular flexibility index (Phi) is 3.84. The van der Waals surface area contributed by atoms with Crippen LogP contribution in [-0.2, 0) is 5.41 Å². The normalized spacial score (nSPS) is 11.2. The van der Waals surface area contributed by atoms with Crippen molar-refractivity contribution in [2.24, 2.45) is 0 Å². The van der Waals surface area contributed by atoms with Gasteiger partial charge in [-0.15, -0.1) is 0 Å². The molecule has 0 spiro atoms. The van der Waals surface area contributed by atoms with Crippen molar-refractivity contribution in [2.45, 2.75) is 26.2 Å². The third-order valence-electron chi connectivity index (χ3n) is 3.05. The zero-order valence-electron chi connectivity index (χ0n) is 12.1. The number of hydrogen-bond donors (Lipinski definition) is 2. The number of amides is 1. The van der Waals surface area contributed by atoms with Crippen molar-refractivity contribution in [1.82, 2.24) is 0 Å². The lowest BCUT2D eigenvalue weighted by Crippen LogP contribution is -2.18. The average Bonchev–Trinajstić information content (AvgIpc) is 2.88. The Hall–Kier alpha value is -2.56. The molecule has 1 heterocycles. The summed E-state index contributed by atoms with van der Waals surface area (Å²) in [5, 5.41) is 11.6. The standard InChI is InChI=1S/C16H17NO4/c1-16(2,3)11-6-4-5-7-12(11)17-14(18)13-8-10(9-21-13)15(19)20/h4-9H,1-3H3,(H,17,18)(H,19,20). The van der Waals surface area contributed by atoms with Crippen LogP contribution in [0.1, 0.15) is 47.2 Å². The second-order valence-electron chi connectivity index (χ2n) is 5.75. The number of carboxylic acids is 1. The fraction of sp³-hybridized carbons (Fsp3) is 0.250. The minimum atomic E-state index is -1.13. The zero-order chi connectivity index (χ0) is 15.6. The van der Waals surface area contributed by atoms with Gasteiger partial charge in [0.2, 0.25) is 0 Å². The largest absolute Gasteiger partial charge is 0.478 e. The van der Waals surface area contributed by atoms with Gasteiger partial charge in [0.1, 0.15) is 6.26 Å². The lowest BCUT2D eigenvalue weighted by atomic mass is 9.86. The van der Waals surface area contributed by atoms with E-state index in [1.54, 1.807) is 6.07 Å². The topological polar surface area (TPSA) is 79.5 Å². The lowest BCUT2D eigenvalue weighted by Gasteiger charge is -2.22. The van der Waals surface area contributed by atoms with Crippen LogP contribution in [0.4, 0.5) is 5.69 Å². The van der Waals surface area contributed by atoms with E-state index >= 15 is 0 Å². The van der Waals surface area contributed by atoms with Crippen molar-refractivity contribution in [3.63, 3.8) is 0 Å². The van der Waals surface area contributed by atoms with Gasteiger partial charge in [-0.05, 0) is 17.0 Å². The van der Waals surface area contributed by atoms with Crippen molar-refractivity contribution < 1.29 is 19.1 Å². The summed E-state index contributed by atoms with van der Waals surface area (Å²) in [4.78, 5) is 22.9. The highest BCUT2D eigenvalue weighted by molar-refractivity contribution is 6.04. The Morgan fingerprint density at radius 1 is 1.19 bits per heavy atom. The van der Waals surface area contributed by atoms with Gasteiger partial charge in [0, 0.05) is 11.8 Å². The SMILES string of the molecule is CC(C)(C)c1ccccc1NC(=O)c1cc(C(=O)O)co1. The Bertz CT molecular complexity index is 680. The number of para-hydroxylation sites is 1. The van der Waals surface area contributed by atoms with E-state index in [0.717, 1.165) is 11.8 Å². The number of furan rings is 1. The molecule has 0 unspecified atom stereocenters. The summed E-state index contributed by atoms with van der Waals surface area (Å²) >= 11 is 0. The molecule has 0 radical (unpaired) electrons. The van der Waals surface area contributed by atoms with Gasteiger partial charge in [0.15, 0.2) is 5.76 Å². The van der Waals surface area contributed by atoms with Gasteiger partial charge in [-0.2, -0.15) is 0 Å². The van der Waals surface area contributed by atoms with Crippen LogP contribution in [0.5, 0.6) is 0 Å². The monoisotopic (exact) mass is 287 g/mol. The number of anilines is 1. The van der Waals surface area contributed by atoms with Gasteiger partial charge in [0.25, 0.3) is 5.91 Å². The lowest BCUT2D eigenvalue weighted by molar-refractivity contribution is 0.0696. The van der Waals surface area contributed by atoms with E-state index in [4.69, 9.17) is 9.52 Å². The van der Waals surface area contributed by atoms with Gasteiger partial charge in [0.05, 0.1) is 5.56 Å². The van der Waals surface area contributed by atoms with E-state index in [0.29, 0.717) is 5.69 Å². The molecule has 0 aliphatic heterocycles.